The molecule has 0 bridgehead atoms. The van der Waals surface area contributed by atoms with Crippen LogP contribution in [0.3, 0.4) is 0 Å². The fourth-order valence-corrected chi connectivity index (χ4v) is 3.87. The van der Waals surface area contributed by atoms with E-state index in [1.54, 1.807) is 0 Å². The Kier molecular flexibility index (Phi) is 5.99. The van der Waals surface area contributed by atoms with Gasteiger partial charge in [0.05, 0.1) is 6.04 Å². The lowest BCUT2D eigenvalue weighted by molar-refractivity contribution is 0.0566. The van der Waals surface area contributed by atoms with E-state index in [-0.39, 0.29) is 17.6 Å². The predicted octanol–water partition coefficient (Wildman–Crippen LogP) is 5.51. The molecular weight excluding hydrogens is 386 g/mol. The molecule has 0 N–H and O–H groups in total. The summed E-state index contributed by atoms with van der Waals surface area (Å²) in [5, 5.41) is 0. The molecule has 0 saturated heterocycles. The van der Waals surface area contributed by atoms with E-state index >= 15 is 0 Å². The van der Waals surface area contributed by atoms with Crippen molar-refractivity contribution < 1.29 is 14.3 Å². The summed E-state index contributed by atoms with van der Waals surface area (Å²) in [6.07, 6.45) is 0.778. The van der Waals surface area contributed by atoms with Crippen LogP contribution in [0.1, 0.15) is 42.3 Å². The van der Waals surface area contributed by atoms with E-state index in [2.05, 4.69) is 18.2 Å². The molecule has 3 aromatic rings. The summed E-state index contributed by atoms with van der Waals surface area (Å²) in [4.78, 5) is 15.2. The Morgan fingerprint density at radius 1 is 0.871 bits per heavy atom. The van der Waals surface area contributed by atoms with Gasteiger partial charge in [-0.3, -0.25) is 4.79 Å². The lowest BCUT2D eigenvalue weighted by Crippen LogP contribution is -2.47. The van der Waals surface area contributed by atoms with Gasteiger partial charge < -0.3 is 14.4 Å². The quantitative estimate of drug-likeness (QED) is 0.552. The highest BCUT2D eigenvalue weighted by Crippen LogP contribution is 2.27. The molecular formula is C27H29NO3. The molecule has 0 aromatic heterocycles. The van der Waals surface area contributed by atoms with Crippen molar-refractivity contribution >= 4 is 5.91 Å². The van der Waals surface area contributed by atoms with Crippen LogP contribution in [0.25, 0.3) is 0 Å². The summed E-state index contributed by atoms with van der Waals surface area (Å²) < 4.78 is 12.0. The summed E-state index contributed by atoms with van der Waals surface area (Å²) >= 11 is 0. The van der Waals surface area contributed by atoms with Crippen LogP contribution in [-0.4, -0.2) is 29.1 Å². The van der Waals surface area contributed by atoms with Crippen molar-refractivity contribution in [2.24, 2.45) is 0 Å². The maximum atomic E-state index is 13.3. The highest BCUT2D eigenvalue weighted by atomic mass is 16.5. The minimum absolute atomic E-state index is 0.0342. The number of fused-ring (bicyclic) bond motifs is 1. The normalized spacial score (nSPS) is 15.8. The third-order valence-corrected chi connectivity index (χ3v) is 5.33. The zero-order valence-electron chi connectivity index (χ0n) is 18.4. The topological polar surface area (TPSA) is 38.8 Å². The Labute approximate surface area is 184 Å². The molecule has 3 aromatic carbocycles. The lowest BCUT2D eigenvalue weighted by atomic mass is 9.93. The van der Waals surface area contributed by atoms with Gasteiger partial charge in [-0.1, -0.05) is 42.5 Å². The second-order valence-corrected chi connectivity index (χ2v) is 8.92. The molecule has 1 amide bonds. The van der Waals surface area contributed by atoms with Gasteiger partial charge in [-0.15, -0.1) is 0 Å². The van der Waals surface area contributed by atoms with Crippen molar-refractivity contribution in [3.63, 3.8) is 0 Å². The van der Waals surface area contributed by atoms with Gasteiger partial charge in [-0.05, 0) is 74.7 Å². The van der Waals surface area contributed by atoms with E-state index in [0.717, 1.165) is 17.9 Å². The van der Waals surface area contributed by atoms with Gasteiger partial charge in [-0.2, -0.15) is 0 Å². The molecule has 0 aliphatic carbocycles. The number of rotatable bonds is 5. The molecule has 4 rings (SSSR count). The SMILES string of the molecule is CC(C)(C)Oc1ccc(OCC2Cc3ccccc3CN2C(=O)c2ccccc2)cc1. The summed E-state index contributed by atoms with van der Waals surface area (Å²) in [7, 11) is 0. The number of ether oxygens (including phenoxy) is 2. The van der Waals surface area contributed by atoms with Crippen LogP contribution in [0, 0.1) is 0 Å². The van der Waals surface area contributed by atoms with Crippen LogP contribution < -0.4 is 9.47 Å². The van der Waals surface area contributed by atoms with Gasteiger partial charge in [0.1, 0.15) is 23.7 Å². The van der Waals surface area contributed by atoms with Crippen LogP contribution in [0.2, 0.25) is 0 Å². The molecule has 0 saturated carbocycles. The molecule has 1 heterocycles. The first kappa shape index (κ1) is 21.0. The van der Waals surface area contributed by atoms with E-state index in [1.807, 2.05) is 86.3 Å². The smallest absolute Gasteiger partial charge is 0.254 e. The Balaban J connectivity index is 1.50. The summed E-state index contributed by atoms with van der Waals surface area (Å²) in [5.74, 6) is 1.62. The van der Waals surface area contributed by atoms with E-state index in [0.29, 0.717) is 18.7 Å². The van der Waals surface area contributed by atoms with Gasteiger partial charge in [0, 0.05) is 12.1 Å². The van der Waals surface area contributed by atoms with Crippen molar-refractivity contribution in [1.82, 2.24) is 4.90 Å². The number of hydrogen-bond donors (Lipinski definition) is 0. The number of amides is 1. The van der Waals surface area contributed by atoms with Gasteiger partial charge in [-0.25, -0.2) is 0 Å². The Morgan fingerprint density at radius 3 is 2.16 bits per heavy atom. The van der Waals surface area contributed by atoms with Crippen LogP contribution in [0.5, 0.6) is 11.5 Å². The first-order valence-corrected chi connectivity index (χ1v) is 10.7. The molecule has 4 heteroatoms. The second kappa shape index (κ2) is 8.84. The lowest BCUT2D eigenvalue weighted by Gasteiger charge is -2.37. The largest absolute Gasteiger partial charge is 0.491 e. The standard InChI is InChI=1S/C27H29NO3/c1-27(2,3)31-25-15-13-24(14-16-25)30-19-23-17-21-11-7-8-12-22(21)18-28(23)26(29)20-9-5-4-6-10-20/h4-16,23H,17-19H2,1-3H3. The number of benzene rings is 3. The molecule has 0 fully saturated rings. The van der Waals surface area contributed by atoms with Crippen molar-refractivity contribution in [2.45, 2.75) is 45.4 Å². The summed E-state index contributed by atoms with van der Waals surface area (Å²) in [6, 6.07) is 25.4. The number of hydrogen-bond acceptors (Lipinski definition) is 3. The van der Waals surface area contributed by atoms with Crippen LogP contribution >= 0.6 is 0 Å². The fourth-order valence-electron chi connectivity index (χ4n) is 3.87. The fraction of sp³-hybridized carbons (Fsp3) is 0.296. The average Bonchev–Trinajstić information content (AvgIpc) is 2.77. The van der Waals surface area contributed by atoms with Gasteiger partial charge in [0.15, 0.2) is 0 Å². The third kappa shape index (κ3) is 5.26. The minimum atomic E-state index is -0.240. The first-order valence-electron chi connectivity index (χ1n) is 10.7. The van der Waals surface area contributed by atoms with Crippen LogP contribution in [0.15, 0.2) is 78.9 Å². The minimum Gasteiger partial charge on any atom is -0.491 e. The first-order chi connectivity index (χ1) is 14.9. The average molecular weight is 416 g/mol. The van der Waals surface area contributed by atoms with Crippen molar-refractivity contribution in [3.05, 3.63) is 95.6 Å². The zero-order valence-corrected chi connectivity index (χ0v) is 18.4. The Hall–Kier alpha value is -3.27. The Morgan fingerprint density at radius 2 is 1.48 bits per heavy atom. The van der Waals surface area contributed by atoms with E-state index in [1.165, 1.54) is 11.1 Å². The third-order valence-electron chi connectivity index (χ3n) is 5.33. The maximum absolute atomic E-state index is 13.3. The molecule has 1 unspecified atom stereocenters. The monoisotopic (exact) mass is 415 g/mol. The zero-order chi connectivity index (χ0) is 21.8. The van der Waals surface area contributed by atoms with E-state index in [4.69, 9.17) is 9.47 Å². The van der Waals surface area contributed by atoms with Crippen molar-refractivity contribution in [1.29, 1.82) is 0 Å². The summed E-state index contributed by atoms with van der Waals surface area (Å²) in [5.41, 5.74) is 2.94. The number of carbonyl (C=O) groups excluding carboxylic acids is 1. The number of nitrogens with zero attached hydrogens (tertiary/aromatic N) is 1. The highest BCUT2D eigenvalue weighted by molar-refractivity contribution is 5.94. The van der Waals surface area contributed by atoms with Gasteiger partial charge in [0.2, 0.25) is 0 Å². The highest BCUT2D eigenvalue weighted by Gasteiger charge is 2.30. The van der Waals surface area contributed by atoms with Crippen molar-refractivity contribution in [3.8, 4) is 11.5 Å². The predicted molar refractivity (Wildman–Crippen MR) is 123 cm³/mol. The van der Waals surface area contributed by atoms with E-state index < -0.39 is 0 Å². The molecule has 1 aliphatic rings. The molecule has 4 nitrogen and oxygen atoms in total. The molecule has 0 spiro atoms. The van der Waals surface area contributed by atoms with Crippen LogP contribution in [0.4, 0.5) is 0 Å². The van der Waals surface area contributed by atoms with Crippen molar-refractivity contribution in [2.75, 3.05) is 6.61 Å². The molecule has 31 heavy (non-hydrogen) atoms. The maximum Gasteiger partial charge on any atom is 0.254 e. The summed E-state index contributed by atoms with van der Waals surface area (Å²) in [6.45, 7) is 7.10. The van der Waals surface area contributed by atoms with E-state index in [9.17, 15) is 4.79 Å². The molecule has 1 atom stereocenters. The molecule has 160 valence electrons. The Bertz CT molecular complexity index is 1020. The second-order valence-electron chi connectivity index (χ2n) is 8.92. The van der Waals surface area contributed by atoms with Gasteiger partial charge >= 0.3 is 0 Å². The number of carbonyl (C=O) groups is 1. The molecule has 0 radical (unpaired) electrons. The van der Waals surface area contributed by atoms with Crippen LogP contribution in [-0.2, 0) is 13.0 Å². The van der Waals surface area contributed by atoms with Gasteiger partial charge in [0.25, 0.3) is 5.91 Å². The molecule has 1 aliphatic heterocycles.